The van der Waals surface area contributed by atoms with Crippen molar-refractivity contribution >= 4 is 32.6 Å². The number of methoxy groups -OCH3 is 1. The Morgan fingerprint density at radius 1 is 1.10 bits per heavy atom. The van der Waals surface area contributed by atoms with Gasteiger partial charge in [-0.1, -0.05) is 41.7 Å². The van der Waals surface area contributed by atoms with Crippen LogP contribution in [0.2, 0.25) is 0 Å². The van der Waals surface area contributed by atoms with Crippen LogP contribution in [-0.4, -0.2) is 73.6 Å². The largest absolute Gasteiger partial charge is 0.497 e. The van der Waals surface area contributed by atoms with Crippen LogP contribution in [0, 0.1) is 5.92 Å². The Morgan fingerprint density at radius 2 is 1.87 bits per heavy atom. The van der Waals surface area contributed by atoms with Crippen LogP contribution in [0.3, 0.4) is 0 Å². The highest BCUT2D eigenvalue weighted by atomic mass is 32.1. The van der Waals surface area contributed by atoms with Crippen molar-refractivity contribution in [3.05, 3.63) is 54.1 Å². The molecule has 2 saturated heterocycles. The lowest BCUT2D eigenvalue weighted by Crippen LogP contribution is -2.58. The van der Waals surface area contributed by atoms with Gasteiger partial charge in [0.2, 0.25) is 5.91 Å². The average Bonchev–Trinajstić information content (AvgIpc) is 3.20. The van der Waals surface area contributed by atoms with E-state index in [0.717, 1.165) is 73.3 Å². The molecule has 2 aliphatic heterocycles. The topological polar surface area (TPSA) is 48.9 Å². The molecule has 0 spiro atoms. The molecule has 0 saturated carbocycles. The molecule has 0 bridgehead atoms. The summed E-state index contributed by atoms with van der Waals surface area (Å²) in [6, 6.07) is 16.6. The molecular weight excluding hydrogens is 408 g/mol. The predicted molar refractivity (Wildman–Crippen MR) is 125 cm³/mol. The first-order chi connectivity index (χ1) is 15.2. The molecule has 6 nitrogen and oxygen atoms in total. The summed E-state index contributed by atoms with van der Waals surface area (Å²) >= 11 is 1.67. The first-order valence-electron chi connectivity index (χ1n) is 10.9. The minimum Gasteiger partial charge on any atom is -0.497 e. The van der Waals surface area contributed by atoms with E-state index in [9.17, 15) is 4.79 Å². The van der Waals surface area contributed by atoms with E-state index in [1.165, 1.54) is 5.56 Å². The fourth-order valence-corrected chi connectivity index (χ4v) is 5.34. The highest BCUT2D eigenvalue weighted by Crippen LogP contribution is 2.35. The molecule has 0 radical (unpaired) electrons. The van der Waals surface area contributed by atoms with Crippen LogP contribution < -0.4 is 9.64 Å². The third kappa shape index (κ3) is 4.38. The molecule has 2 aliphatic rings. The lowest BCUT2D eigenvalue weighted by molar-refractivity contribution is -0.138. The van der Waals surface area contributed by atoms with Gasteiger partial charge in [-0.05, 0) is 30.2 Å². The van der Waals surface area contributed by atoms with Gasteiger partial charge in [-0.15, -0.1) is 0 Å². The summed E-state index contributed by atoms with van der Waals surface area (Å²) in [5, 5.41) is 0.998. The highest BCUT2D eigenvalue weighted by Gasteiger charge is 2.37. The summed E-state index contributed by atoms with van der Waals surface area (Å²) in [6.45, 7) is 6.21. The summed E-state index contributed by atoms with van der Waals surface area (Å²) in [5.41, 5.74) is 2.37. The Bertz CT molecular complexity index is 1040. The monoisotopic (exact) mass is 436 g/mol. The van der Waals surface area contributed by atoms with E-state index in [0.29, 0.717) is 5.91 Å². The van der Waals surface area contributed by atoms with Crippen LogP contribution in [0.25, 0.3) is 10.2 Å². The number of piperazine rings is 1. The van der Waals surface area contributed by atoms with Crippen LogP contribution in [0.15, 0.2) is 48.5 Å². The number of hydrogen-bond donors (Lipinski definition) is 0. The van der Waals surface area contributed by atoms with Gasteiger partial charge in [0.1, 0.15) is 5.75 Å². The third-order valence-corrected chi connectivity index (χ3v) is 7.41. The van der Waals surface area contributed by atoms with E-state index in [1.54, 1.807) is 18.4 Å². The van der Waals surface area contributed by atoms with Crippen LogP contribution in [-0.2, 0) is 11.2 Å². The van der Waals surface area contributed by atoms with Gasteiger partial charge >= 0.3 is 0 Å². The summed E-state index contributed by atoms with van der Waals surface area (Å²) in [7, 11) is 1.68. The van der Waals surface area contributed by atoms with Gasteiger partial charge in [-0.25, -0.2) is 4.98 Å². The number of carbonyl (C=O) groups excluding carboxylic acids is 1. The lowest BCUT2D eigenvalue weighted by Gasteiger charge is -2.42. The predicted octanol–water partition coefficient (Wildman–Crippen LogP) is 3.13. The molecule has 1 aromatic heterocycles. The van der Waals surface area contributed by atoms with Crippen molar-refractivity contribution in [2.24, 2.45) is 5.92 Å². The molecule has 3 aromatic rings. The summed E-state index contributed by atoms with van der Waals surface area (Å²) in [5.74, 6) is 1.25. The van der Waals surface area contributed by atoms with E-state index in [-0.39, 0.29) is 5.92 Å². The van der Waals surface area contributed by atoms with Crippen LogP contribution in [0.4, 0.5) is 5.13 Å². The number of thiazole rings is 1. The maximum Gasteiger partial charge on any atom is 0.229 e. The zero-order chi connectivity index (χ0) is 21.2. The Hall–Kier alpha value is -2.64. The van der Waals surface area contributed by atoms with Crippen molar-refractivity contribution < 1.29 is 9.53 Å². The summed E-state index contributed by atoms with van der Waals surface area (Å²) in [6.07, 6.45) is 1.07. The number of fused-ring (bicyclic) bond motifs is 1. The van der Waals surface area contributed by atoms with E-state index < -0.39 is 0 Å². The van der Waals surface area contributed by atoms with Gasteiger partial charge < -0.3 is 14.5 Å². The molecule has 1 amide bonds. The zero-order valence-electron chi connectivity index (χ0n) is 17.9. The number of nitrogens with zero attached hydrogens (tertiary/aromatic N) is 4. The maximum absolute atomic E-state index is 12.9. The second kappa shape index (κ2) is 8.85. The molecule has 162 valence electrons. The molecule has 2 aromatic carbocycles. The van der Waals surface area contributed by atoms with E-state index in [1.807, 2.05) is 18.2 Å². The van der Waals surface area contributed by atoms with E-state index in [2.05, 4.69) is 45.0 Å². The molecule has 31 heavy (non-hydrogen) atoms. The highest BCUT2D eigenvalue weighted by molar-refractivity contribution is 7.22. The van der Waals surface area contributed by atoms with Crippen molar-refractivity contribution in [2.45, 2.75) is 6.42 Å². The van der Waals surface area contributed by atoms with Crippen LogP contribution in [0.5, 0.6) is 5.75 Å². The van der Waals surface area contributed by atoms with E-state index >= 15 is 0 Å². The molecule has 3 heterocycles. The first-order valence-corrected chi connectivity index (χ1v) is 11.8. The molecule has 0 aliphatic carbocycles. The second-order valence-electron chi connectivity index (χ2n) is 8.33. The number of ether oxygens (including phenoxy) is 1. The normalized spacial score (nSPS) is 17.7. The van der Waals surface area contributed by atoms with Gasteiger partial charge in [-0.2, -0.15) is 0 Å². The Morgan fingerprint density at radius 3 is 2.61 bits per heavy atom. The number of anilines is 1. The van der Waals surface area contributed by atoms with E-state index in [4.69, 9.17) is 9.72 Å². The minimum absolute atomic E-state index is 0.0948. The zero-order valence-corrected chi connectivity index (χ0v) is 18.7. The number of hydrogen-bond acceptors (Lipinski definition) is 6. The first kappa shape index (κ1) is 20.3. The van der Waals surface area contributed by atoms with Crippen molar-refractivity contribution in [1.29, 1.82) is 0 Å². The third-order valence-electron chi connectivity index (χ3n) is 6.33. The molecule has 0 atom stereocenters. The number of benzene rings is 2. The fraction of sp³-hybridized carbons (Fsp3) is 0.417. The Balaban J connectivity index is 1.09. The molecule has 7 heteroatoms. The minimum atomic E-state index is 0.0948. The number of carbonyl (C=O) groups is 1. The Kier molecular flexibility index (Phi) is 5.78. The number of rotatable bonds is 6. The smallest absolute Gasteiger partial charge is 0.229 e. The lowest BCUT2D eigenvalue weighted by atomic mass is 9.99. The van der Waals surface area contributed by atoms with Crippen molar-refractivity contribution in [2.75, 3.05) is 57.8 Å². The van der Waals surface area contributed by atoms with Crippen molar-refractivity contribution in [3.63, 3.8) is 0 Å². The number of amides is 1. The molecule has 0 unspecified atom stereocenters. The second-order valence-corrected chi connectivity index (χ2v) is 9.34. The molecule has 2 fully saturated rings. The van der Waals surface area contributed by atoms with Crippen LogP contribution >= 0.6 is 11.3 Å². The average molecular weight is 437 g/mol. The van der Waals surface area contributed by atoms with Gasteiger partial charge in [0.25, 0.3) is 0 Å². The SMILES string of the molecule is COc1ccc2nc(N3CC(C(=O)N4CCN(CCc5ccccc5)CC4)C3)sc2c1. The van der Waals surface area contributed by atoms with Gasteiger partial charge in [0, 0.05) is 45.8 Å². The van der Waals surface area contributed by atoms with Crippen molar-refractivity contribution in [1.82, 2.24) is 14.8 Å². The summed E-state index contributed by atoms with van der Waals surface area (Å²) < 4.78 is 6.43. The van der Waals surface area contributed by atoms with Crippen LogP contribution in [0.1, 0.15) is 5.56 Å². The standard InChI is InChI=1S/C24H28N4O2S/c1-30-20-7-8-21-22(15-20)31-24(25-21)28-16-19(17-28)23(29)27-13-11-26(12-14-27)10-9-18-5-3-2-4-6-18/h2-8,15,19H,9-14,16-17H2,1H3. The molecular formula is C24H28N4O2S. The maximum atomic E-state index is 12.9. The fourth-order valence-electron chi connectivity index (χ4n) is 4.33. The van der Waals surface area contributed by atoms with Gasteiger partial charge in [-0.3, -0.25) is 9.69 Å². The molecule has 5 rings (SSSR count). The van der Waals surface area contributed by atoms with Gasteiger partial charge in [0.15, 0.2) is 5.13 Å². The number of aromatic nitrogens is 1. The van der Waals surface area contributed by atoms with Gasteiger partial charge in [0.05, 0.1) is 23.2 Å². The van der Waals surface area contributed by atoms with Crippen molar-refractivity contribution in [3.8, 4) is 5.75 Å². The Labute approximate surface area is 187 Å². The molecule has 0 N–H and O–H groups in total. The summed E-state index contributed by atoms with van der Waals surface area (Å²) in [4.78, 5) is 24.4. The quantitative estimate of drug-likeness (QED) is 0.594.